The molecule has 132 valence electrons. The number of hydrogen-bond acceptors (Lipinski definition) is 3. The van der Waals surface area contributed by atoms with E-state index in [0.717, 1.165) is 36.6 Å². The second kappa shape index (κ2) is 8.03. The van der Waals surface area contributed by atoms with Gasteiger partial charge in [-0.15, -0.1) is 0 Å². The summed E-state index contributed by atoms with van der Waals surface area (Å²) in [5.41, 5.74) is 3.07. The lowest BCUT2D eigenvalue weighted by Gasteiger charge is -2.33. The molecule has 0 radical (unpaired) electrons. The van der Waals surface area contributed by atoms with E-state index < -0.39 is 0 Å². The Morgan fingerprint density at radius 3 is 2.60 bits per heavy atom. The summed E-state index contributed by atoms with van der Waals surface area (Å²) >= 11 is 0. The van der Waals surface area contributed by atoms with Gasteiger partial charge in [0.25, 0.3) is 0 Å². The molecule has 0 aliphatic carbocycles. The third-order valence-corrected chi connectivity index (χ3v) is 4.33. The fourth-order valence-corrected chi connectivity index (χ4v) is 2.96. The maximum atomic E-state index is 12.3. The first-order valence-electron chi connectivity index (χ1n) is 8.64. The number of benzene rings is 2. The highest BCUT2D eigenvalue weighted by molar-refractivity contribution is 5.89. The SMILES string of the molecule is CC1CN(c2ccc(NC(=O)N(C)Cc3ccccc3)cc2)CCO1. The minimum atomic E-state index is -0.114. The van der Waals surface area contributed by atoms with Gasteiger partial charge in [0.05, 0.1) is 12.7 Å². The van der Waals surface area contributed by atoms with E-state index in [9.17, 15) is 4.79 Å². The Morgan fingerprint density at radius 2 is 1.92 bits per heavy atom. The summed E-state index contributed by atoms with van der Waals surface area (Å²) in [6.07, 6.45) is 0.250. The van der Waals surface area contributed by atoms with Crippen molar-refractivity contribution >= 4 is 17.4 Å². The van der Waals surface area contributed by atoms with E-state index in [0.29, 0.717) is 6.54 Å². The van der Waals surface area contributed by atoms with Crippen molar-refractivity contribution in [1.29, 1.82) is 0 Å². The Kier molecular flexibility index (Phi) is 5.56. The van der Waals surface area contributed by atoms with E-state index in [1.165, 1.54) is 0 Å². The number of amides is 2. The lowest BCUT2D eigenvalue weighted by atomic mass is 10.2. The van der Waals surface area contributed by atoms with E-state index in [-0.39, 0.29) is 12.1 Å². The molecule has 3 rings (SSSR count). The molecule has 5 heteroatoms. The number of carbonyl (C=O) groups excluding carboxylic acids is 1. The number of urea groups is 1. The van der Waals surface area contributed by atoms with Gasteiger partial charge in [-0.2, -0.15) is 0 Å². The van der Waals surface area contributed by atoms with E-state index >= 15 is 0 Å². The average molecular weight is 339 g/mol. The zero-order chi connectivity index (χ0) is 17.6. The van der Waals surface area contributed by atoms with Gasteiger partial charge in [-0.3, -0.25) is 0 Å². The average Bonchev–Trinajstić information content (AvgIpc) is 2.63. The van der Waals surface area contributed by atoms with Crippen LogP contribution >= 0.6 is 0 Å². The van der Waals surface area contributed by atoms with Crippen molar-refractivity contribution in [3.8, 4) is 0 Å². The highest BCUT2D eigenvalue weighted by Gasteiger charge is 2.17. The van der Waals surface area contributed by atoms with Gasteiger partial charge in [-0.05, 0) is 36.8 Å². The first-order valence-corrected chi connectivity index (χ1v) is 8.64. The maximum Gasteiger partial charge on any atom is 0.321 e. The quantitative estimate of drug-likeness (QED) is 0.926. The number of ether oxygens (including phenoxy) is 1. The molecule has 0 aromatic heterocycles. The molecule has 2 aromatic rings. The standard InChI is InChI=1S/C20H25N3O2/c1-16-14-23(12-13-25-16)19-10-8-18(9-11-19)21-20(24)22(2)15-17-6-4-3-5-7-17/h3-11,16H,12-15H2,1-2H3,(H,21,24). The molecule has 2 aromatic carbocycles. The van der Waals surface area contributed by atoms with Crippen molar-refractivity contribution < 1.29 is 9.53 Å². The monoisotopic (exact) mass is 339 g/mol. The first-order chi connectivity index (χ1) is 12.1. The van der Waals surface area contributed by atoms with Crippen molar-refractivity contribution in [2.24, 2.45) is 0 Å². The Bertz CT molecular complexity index is 688. The minimum Gasteiger partial charge on any atom is -0.375 e. The van der Waals surface area contributed by atoms with Crippen LogP contribution in [0.3, 0.4) is 0 Å². The number of nitrogens with one attached hydrogen (secondary N) is 1. The van der Waals surface area contributed by atoms with Crippen LogP contribution in [0.25, 0.3) is 0 Å². The summed E-state index contributed by atoms with van der Waals surface area (Å²) in [7, 11) is 1.80. The Balaban J connectivity index is 1.56. The molecule has 1 atom stereocenters. The zero-order valence-corrected chi connectivity index (χ0v) is 14.8. The van der Waals surface area contributed by atoms with Crippen molar-refractivity contribution in [2.45, 2.75) is 19.6 Å². The van der Waals surface area contributed by atoms with Crippen molar-refractivity contribution in [1.82, 2.24) is 4.90 Å². The number of nitrogens with zero attached hydrogens (tertiary/aromatic N) is 2. The van der Waals surface area contributed by atoms with Gasteiger partial charge in [-0.25, -0.2) is 4.79 Å². The topological polar surface area (TPSA) is 44.8 Å². The van der Waals surface area contributed by atoms with Crippen LogP contribution < -0.4 is 10.2 Å². The van der Waals surface area contributed by atoms with Gasteiger partial charge >= 0.3 is 6.03 Å². The largest absolute Gasteiger partial charge is 0.375 e. The lowest BCUT2D eigenvalue weighted by Crippen LogP contribution is -2.41. The van der Waals surface area contributed by atoms with Crippen LogP contribution in [0.4, 0.5) is 16.2 Å². The predicted octanol–water partition coefficient (Wildman–Crippen LogP) is 3.58. The molecule has 0 saturated carbocycles. The molecule has 1 unspecified atom stereocenters. The second-order valence-corrected chi connectivity index (χ2v) is 6.45. The van der Waals surface area contributed by atoms with Crippen LogP contribution in [-0.4, -0.2) is 43.8 Å². The fraction of sp³-hybridized carbons (Fsp3) is 0.350. The second-order valence-electron chi connectivity index (χ2n) is 6.45. The molecule has 5 nitrogen and oxygen atoms in total. The maximum absolute atomic E-state index is 12.3. The van der Waals surface area contributed by atoms with Gasteiger partial charge < -0.3 is 19.9 Å². The summed E-state index contributed by atoms with van der Waals surface area (Å²) < 4.78 is 5.58. The molecule has 1 N–H and O–H groups in total. The summed E-state index contributed by atoms with van der Waals surface area (Å²) in [6, 6.07) is 17.8. The first kappa shape index (κ1) is 17.3. The fourth-order valence-electron chi connectivity index (χ4n) is 2.96. The molecule has 25 heavy (non-hydrogen) atoms. The van der Waals surface area contributed by atoms with Crippen LogP contribution in [0.15, 0.2) is 54.6 Å². The minimum absolute atomic E-state index is 0.114. The van der Waals surface area contributed by atoms with E-state index in [1.54, 1.807) is 11.9 Å². The Labute approximate surface area is 149 Å². The summed E-state index contributed by atoms with van der Waals surface area (Å²) in [4.78, 5) is 16.3. The number of hydrogen-bond donors (Lipinski definition) is 1. The molecular weight excluding hydrogens is 314 g/mol. The summed E-state index contributed by atoms with van der Waals surface area (Å²) in [5, 5.41) is 2.94. The molecule has 1 fully saturated rings. The third kappa shape index (κ3) is 4.73. The van der Waals surface area contributed by atoms with Crippen molar-refractivity contribution in [3.05, 3.63) is 60.2 Å². The third-order valence-electron chi connectivity index (χ3n) is 4.33. The van der Waals surface area contributed by atoms with Crippen LogP contribution in [-0.2, 0) is 11.3 Å². The molecule has 1 aliphatic rings. The number of carbonyl (C=O) groups is 1. The number of morpholine rings is 1. The molecule has 0 bridgehead atoms. The van der Waals surface area contributed by atoms with E-state index in [4.69, 9.17) is 4.74 Å². The zero-order valence-electron chi connectivity index (χ0n) is 14.8. The summed E-state index contributed by atoms with van der Waals surface area (Å²) in [5.74, 6) is 0. The Morgan fingerprint density at radius 1 is 1.20 bits per heavy atom. The highest BCUT2D eigenvalue weighted by atomic mass is 16.5. The molecule has 1 saturated heterocycles. The normalized spacial score (nSPS) is 17.2. The van der Waals surface area contributed by atoms with E-state index in [1.807, 2.05) is 54.6 Å². The van der Waals surface area contributed by atoms with Crippen molar-refractivity contribution in [3.63, 3.8) is 0 Å². The van der Waals surface area contributed by atoms with Crippen LogP contribution in [0.2, 0.25) is 0 Å². The molecule has 1 heterocycles. The van der Waals surface area contributed by atoms with Gasteiger partial charge in [0.1, 0.15) is 0 Å². The predicted molar refractivity (Wildman–Crippen MR) is 101 cm³/mol. The highest BCUT2D eigenvalue weighted by Crippen LogP contribution is 2.20. The number of anilines is 2. The number of rotatable bonds is 4. The van der Waals surface area contributed by atoms with Gasteiger partial charge in [0.15, 0.2) is 0 Å². The molecule has 1 aliphatic heterocycles. The van der Waals surface area contributed by atoms with Crippen LogP contribution in [0.1, 0.15) is 12.5 Å². The lowest BCUT2D eigenvalue weighted by molar-refractivity contribution is 0.0532. The summed E-state index contributed by atoms with van der Waals surface area (Å²) in [6.45, 7) is 5.21. The van der Waals surface area contributed by atoms with Crippen molar-refractivity contribution in [2.75, 3.05) is 37.0 Å². The van der Waals surface area contributed by atoms with Gasteiger partial charge in [0, 0.05) is 38.1 Å². The smallest absolute Gasteiger partial charge is 0.321 e. The van der Waals surface area contributed by atoms with Gasteiger partial charge in [-0.1, -0.05) is 30.3 Å². The van der Waals surface area contributed by atoms with Crippen LogP contribution in [0, 0.1) is 0 Å². The van der Waals surface area contributed by atoms with E-state index in [2.05, 4.69) is 17.1 Å². The molecule has 2 amide bonds. The van der Waals surface area contributed by atoms with Gasteiger partial charge in [0.2, 0.25) is 0 Å². The van der Waals surface area contributed by atoms with Crippen LogP contribution in [0.5, 0.6) is 0 Å². The Hall–Kier alpha value is -2.53. The molecule has 0 spiro atoms. The molecular formula is C20H25N3O2.